The maximum Gasteiger partial charge on any atom is 0.0743 e. The molecular weight excluding hydrogens is 250 g/mol. The number of pyridine rings is 1. The van der Waals surface area contributed by atoms with Crippen molar-refractivity contribution in [3.05, 3.63) is 41.6 Å². The highest BCUT2D eigenvalue weighted by atomic mass is 79.9. The van der Waals surface area contributed by atoms with Gasteiger partial charge in [-0.3, -0.25) is 4.98 Å². The second kappa shape index (κ2) is 4.46. The van der Waals surface area contributed by atoms with E-state index >= 15 is 0 Å². The SMILES string of the molecule is Cc1c(C#CCBr)ccc2cccnc12. The van der Waals surface area contributed by atoms with Crippen LogP contribution in [0.4, 0.5) is 0 Å². The fraction of sp³-hybridized carbons (Fsp3) is 0.154. The lowest BCUT2D eigenvalue weighted by molar-refractivity contribution is 1.35. The molecule has 2 heteroatoms. The minimum Gasteiger partial charge on any atom is -0.256 e. The minimum atomic E-state index is 0.701. The molecule has 0 fully saturated rings. The molecule has 0 aliphatic rings. The molecule has 0 bridgehead atoms. The van der Waals surface area contributed by atoms with Crippen molar-refractivity contribution in [1.29, 1.82) is 0 Å². The maximum absolute atomic E-state index is 4.37. The van der Waals surface area contributed by atoms with Gasteiger partial charge >= 0.3 is 0 Å². The number of rotatable bonds is 0. The van der Waals surface area contributed by atoms with Crippen LogP contribution >= 0.6 is 15.9 Å². The highest BCUT2D eigenvalue weighted by Gasteiger charge is 2.01. The Morgan fingerprint density at radius 3 is 3.00 bits per heavy atom. The van der Waals surface area contributed by atoms with Crippen molar-refractivity contribution in [1.82, 2.24) is 4.98 Å². The Morgan fingerprint density at radius 2 is 2.20 bits per heavy atom. The molecule has 1 nitrogen and oxygen atoms in total. The van der Waals surface area contributed by atoms with Crippen molar-refractivity contribution >= 4 is 26.8 Å². The van der Waals surface area contributed by atoms with Crippen LogP contribution in [0.1, 0.15) is 11.1 Å². The number of hydrogen-bond acceptors (Lipinski definition) is 1. The van der Waals surface area contributed by atoms with Gasteiger partial charge in [-0.2, -0.15) is 0 Å². The van der Waals surface area contributed by atoms with E-state index in [4.69, 9.17) is 0 Å². The maximum atomic E-state index is 4.37. The monoisotopic (exact) mass is 259 g/mol. The molecule has 0 N–H and O–H groups in total. The molecule has 0 saturated heterocycles. The number of aryl methyl sites for hydroxylation is 1. The summed E-state index contributed by atoms with van der Waals surface area (Å²) >= 11 is 3.29. The number of fused-ring (bicyclic) bond motifs is 1. The fourth-order valence-corrected chi connectivity index (χ4v) is 1.70. The van der Waals surface area contributed by atoms with Gasteiger partial charge in [-0.1, -0.05) is 39.9 Å². The topological polar surface area (TPSA) is 12.9 Å². The summed E-state index contributed by atoms with van der Waals surface area (Å²) < 4.78 is 0. The summed E-state index contributed by atoms with van der Waals surface area (Å²) in [6.07, 6.45) is 1.82. The highest BCUT2D eigenvalue weighted by Crippen LogP contribution is 2.18. The van der Waals surface area contributed by atoms with E-state index in [1.807, 2.05) is 12.3 Å². The first-order valence-electron chi connectivity index (χ1n) is 4.72. The van der Waals surface area contributed by atoms with Crippen LogP contribution in [0.2, 0.25) is 0 Å². The van der Waals surface area contributed by atoms with Crippen molar-refractivity contribution in [2.75, 3.05) is 5.33 Å². The standard InChI is InChI=1S/C13H10BrN/c1-10-11(4-2-8-14)6-7-12-5-3-9-15-13(10)12/h3,5-7,9H,8H2,1H3. The van der Waals surface area contributed by atoms with Gasteiger partial charge in [0.05, 0.1) is 10.8 Å². The van der Waals surface area contributed by atoms with Gasteiger partial charge in [-0.25, -0.2) is 0 Å². The lowest BCUT2D eigenvalue weighted by Gasteiger charge is -2.02. The second-order valence-electron chi connectivity index (χ2n) is 3.25. The van der Waals surface area contributed by atoms with Crippen LogP contribution in [-0.4, -0.2) is 10.3 Å². The summed E-state index contributed by atoms with van der Waals surface area (Å²) in [5, 5.41) is 1.87. The predicted octanol–water partition coefficient (Wildman–Crippen LogP) is 3.29. The van der Waals surface area contributed by atoms with E-state index < -0.39 is 0 Å². The highest BCUT2D eigenvalue weighted by molar-refractivity contribution is 9.09. The third-order valence-corrected chi connectivity index (χ3v) is 2.60. The summed E-state index contributed by atoms with van der Waals surface area (Å²) in [6, 6.07) is 8.13. The number of aromatic nitrogens is 1. The smallest absolute Gasteiger partial charge is 0.0743 e. The number of alkyl halides is 1. The minimum absolute atomic E-state index is 0.701. The zero-order chi connectivity index (χ0) is 10.7. The van der Waals surface area contributed by atoms with E-state index in [1.54, 1.807) is 0 Å². The Kier molecular flexibility index (Phi) is 3.03. The zero-order valence-electron chi connectivity index (χ0n) is 8.42. The van der Waals surface area contributed by atoms with Crippen LogP contribution in [-0.2, 0) is 0 Å². The second-order valence-corrected chi connectivity index (χ2v) is 3.81. The molecule has 0 unspecified atom stereocenters. The first kappa shape index (κ1) is 10.2. The predicted molar refractivity (Wildman–Crippen MR) is 67.2 cm³/mol. The lowest BCUT2D eigenvalue weighted by Crippen LogP contribution is -1.87. The summed E-state index contributed by atoms with van der Waals surface area (Å²) in [6.45, 7) is 2.06. The summed E-state index contributed by atoms with van der Waals surface area (Å²) in [5.41, 5.74) is 3.25. The van der Waals surface area contributed by atoms with Gasteiger partial charge < -0.3 is 0 Å². The van der Waals surface area contributed by atoms with Crippen molar-refractivity contribution in [3.8, 4) is 11.8 Å². The fourth-order valence-electron chi connectivity index (χ4n) is 1.56. The largest absolute Gasteiger partial charge is 0.256 e. The molecule has 1 aromatic heterocycles. The average Bonchev–Trinajstić information content (AvgIpc) is 2.29. The van der Waals surface area contributed by atoms with Crippen LogP contribution in [0.25, 0.3) is 10.9 Å². The van der Waals surface area contributed by atoms with E-state index in [0.29, 0.717) is 5.33 Å². The molecule has 0 aliphatic heterocycles. The number of hydrogen-bond donors (Lipinski definition) is 0. The van der Waals surface area contributed by atoms with Crippen LogP contribution in [0.5, 0.6) is 0 Å². The first-order valence-corrected chi connectivity index (χ1v) is 5.84. The molecule has 0 aliphatic carbocycles. The molecule has 0 amide bonds. The van der Waals surface area contributed by atoms with Crippen molar-refractivity contribution in [2.45, 2.75) is 6.92 Å². The third-order valence-electron chi connectivity index (χ3n) is 2.32. The zero-order valence-corrected chi connectivity index (χ0v) is 10.0. The van der Waals surface area contributed by atoms with Crippen LogP contribution in [0, 0.1) is 18.8 Å². The average molecular weight is 260 g/mol. The molecule has 0 radical (unpaired) electrons. The van der Waals surface area contributed by atoms with E-state index in [2.05, 4.69) is 57.9 Å². The van der Waals surface area contributed by atoms with E-state index in [1.165, 1.54) is 5.39 Å². The van der Waals surface area contributed by atoms with Gasteiger partial charge in [0.2, 0.25) is 0 Å². The number of benzene rings is 1. The third kappa shape index (κ3) is 2.03. The van der Waals surface area contributed by atoms with Gasteiger partial charge in [0, 0.05) is 17.1 Å². The quantitative estimate of drug-likeness (QED) is 0.523. The van der Waals surface area contributed by atoms with E-state index in [0.717, 1.165) is 16.6 Å². The molecule has 2 aromatic rings. The molecule has 1 aromatic carbocycles. The Morgan fingerprint density at radius 1 is 1.33 bits per heavy atom. The molecule has 0 spiro atoms. The van der Waals surface area contributed by atoms with Crippen LogP contribution in [0.3, 0.4) is 0 Å². The van der Waals surface area contributed by atoms with Crippen molar-refractivity contribution in [3.63, 3.8) is 0 Å². The summed E-state index contributed by atoms with van der Waals surface area (Å²) in [4.78, 5) is 4.37. The van der Waals surface area contributed by atoms with Crippen LogP contribution < -0.4 is 0 Å². The summed E-state index contributed by atoms with van der Waals surface area (Å²) in [7, 11) is 0. The molecule has 1 heterocycles. The molecule has 0 saturated carbocycles. The molecule has 2 rings (SSSR count). The number of halogens is 1. The Labute approximate surface area is 97.7 Å². The first-order chi connectivity index (χ1) is 7.33. The molecule has 15 heavy (non-hydrogen) atoms. The van der Waals surface area contributed by atoms with Gasteiger partial charge in [-0.15, -0.1) is 0 Å². The van der Waals surface area contributed by atoms with Crippen molar-refractivity contribution in [2.24, 2.45) is 0 Å². The lowest BCUT2D eigenvalue weighted by atomic mass is 10.0. The van der Waals surface area contributed by atoms with Gasteiger partial charge in [0.25, 0.3) is 0 Å². The molecule has 74 valence electrons. The Balaban J connectivity index is 2.65. The molecule has 0 atom stereocenters. The Hall–Kier alpha value is -1.33. The van der Waals surface area contributed by atoms with Crippen LogP contribution in [0.15, 0.2) is 30.5 Å². The van der Waals surface area contributed by atoms with Gasteiger partial charge in [0.1, 0.15) is 0 Å². The summed E-state index contributed by atoms with van der Waals surface area (Å²) in [5.74, 6) is 6.13. The Bertz CT molecular complexity index is 549. The van der Waals surface area contributed by atoms with Gasteiger partial charge in [0.15, 0.2) is 0 Å². The van der Waals surface area contributed by atoms with E-state index in [-0.39, 0.29) is 0 Å². The van der Waals surface area contributed by atoms with E-state index in [9.17, 15) is 0 Å². The normalized spacial score (nSPS) is 9.73. The molecular formula is C13H10BrN. The number of nitrogens with zero attached hydrogens (tertiary/aromatic N) is 1. The van der Waals surface area contributed by atoms with Crippen molar-refractivity contribution < 1.29 is 0 Å². The van der Waals surface area contributed by atoms with Gasteiger partial charge in [-0.05, 0) is 24.6 Å².